The minimum atomic E-state index is -0.259. The van der Waals surface area contributed by atoms with Gasteiger partial charge in [-0.05, 0) is 48.8 Å². The first-order valence-corrected chi connectivity index (χ1v) is 6.81. The molecule has 1 aromatic rings. The summed E-state index contributed by atoms with van der Waals surface area (Å²) in [5.74, 6) is 1.46. The van der Waals surface area contributed by atoms with E-state index in [9.17, 15) is 9.18 Å². The molecular weight excluding hydrogens is 227 g/mol. The zero-order valence-corrected chi connectivity index (χ0v) is 11.2. The zero-order valence-electron chi connectivity index (χ0n) is 11.2. The number of ketones is 1. The molecule has 1 fully saturated rings. The van der Waals surface area contributed by atoms with Crippen molar-refractivity contribution in [2.24, 2.45) is 17.8 Å². The van der Waals surface area contributed by atoms with Crippen LogP contribution in [0.25, 0.3) is 0 Å². The van der Waals surface area contributed by atoms with Gasteiger partial charge in [0.1, 0.15) is 11.6 Å². The van der Waals surface area contributed by atoms with Gasteiger partial charge in [0, 0.05) is 12.3 Å². The molecule has 2 heteroatoms. The van der Waals surface area contributed by atoms with Crippen LogP contribution in [0.4, 0.5) is 4.39 Å². The lowest BCUT2D eigenvalue weighted by atomic mass is 9.74. The Balaban J connectivity index is 1.99. The van der Waals surface area contributed by atoms with Crippen molar-refractivity contribution in [2.75, 3.05) is 0 Å². The largest absolute Gasteiger partial charge is 0.299 e. The molecule has 0 radical (unpaired) electrons. The molecule has 1 aromatic carbocycles. The molecule has 0 amide bonds. The molecule has 0 heterocycles. The van der Waals surface area contributed by atoms with Crippen LogP contribution in [0, 0.1) is 23.6 Å². The van der Waals surface area contributed by atoms with E-state index in [1.54, 1.807) is 6.07 Å². The molecule has 0 aromatic heterocycles. The summed E-state index contributed by atoms with van der Waals surface area (Å²) in [7, 11) is 0. The van der Waals surface area contributed by atoms with Crippen LogP contribution in [0.3, 0.4) is 0 Å². The SMILES string of the molecule is CC1CC(C)CC(C(=O)Cc2cccc(F)c2)C1. The molecule has 0 spiro atoms. The third-order valence-corrected chi connectivity index (χ3v) is 3.90. The van der Waals surface area contributed by atoms with Gasteiger partial charge < -0.3 is 0 Å². The Morgan fingerprint density at radius 2 is 1.89 bits per heavy atom. The van der Waals surface area contributed by atoms with Crippen molar-refractivity contribution in [1.82, 2.24) is 0 Å². The number of benzene rings is 1. The summed E-state index contributed by atoms with van der Waals surface area (Å²) in [6.07, 6.45) is 3.60. The molecule has 1 saturated carbocycles. The average molecular weight is 248 g/mol. The fourth-order valence-corrected chi connectivity index (χ4v) is 3.20. The zero-order chi connectivity index (χ0) is 13.1. The van der Waals surface area contributed by atoms with Crippen molar-refractivity contribution in [1.29, 1.82) is 0 Å². The second-order valence-corrected chi connectivity index (χ2v) is 5.89. The molecule has 2 atom stereocenters. The maximum Gasteiger partial charge on any atom is 0.140 e. The fourth-order valence-electron chi connectivity index (χ4n) is 3.20. The van der Waals surface area contributed by atoms with Gasteiger partial charge in [-0.25, -0.2) is 4.39 Å². The number of Topliss-reactive ketones (excluding diaryl/α,β-unsaturated/α-hetero) is 1. The highest BCUT2D eigenvalue weighted by atomic mass is 19.1. The van der Waals surface area contributed by atoms with Crippen molar-refractivity contribution in [3.63, 3.8) is 0 Å². The molecule has 2 unspecified atom stereocenters. The summed E-state index contributed by atoms with van der Waals surface area (Å²) in [5.41, 5.74) is 0.797. The highest BCUT2D eigenvalue weighted by molar-refractivity contribution is 5.83. The Morgan fingerprint density at radius 3 is 2.50 bits per heavy atom. The van der Waals surface area contributed by atoms with Crippen LogP contribution in [0.15, 0.2) is 24.3 Å². The van der Waals surface area contributed by atoms with Gasteiger partial charge in [0.05, 0.1) is 0 Å². The Morgan fingerprint density at radius 1 is 1.22 bits per heavy atom. The van der Waals surface area contributed by atoms with Gasteiger partial charge in [-0.2, -0.15) is 0 Å². The highest BCUT2D eigenvalue weighted by Gasteiger charge is 2.28. The van der Waals surface area contributed by atoms with Crippen molar-refractivity contribution < 1.29 is 9.18 Å². The van der Waals surface area contributed by atoms with E-state index in [2.05, 4.69) is 13.8 Å². The standard InChI is InChI=1S/C16H21FO/c1-11-6-12(2)8-14(7-11)16(18)10-13-4-3-5-15(17)9-13/h3-5,9,11-12,14H,6-8,10H2,1-2H3. The molecule has 0 aliphatic heterocycles. The number of carbonyl (C=O) groups excluding carboxylic acids is 1. The summed E-state index contributed by atoms with van der Waals surface area (Å²) in [6.45, 7) is 4.44. The lowest BCUT2D eigenvalue weighted by molar-refractivity contribution is -0.124. The van der Waals surface area contributed by atoms with E-state index in [1.165, 1.54) is 18.6 Å². The summed E-state index contributed by atoms with van der Waals surface area (Å²) in [4.78, 5) is 12.2. The number of hydrogen-bond donors (Lipinski definition) is 0. The van der Waals surface area contributed by atoms with Crippen molar-refractivity contribution >= 4 is 5.78 Å². The number of rotatable bonds is 3. The van der Waals surface area contributed by atoms with Crippen LogP contribution in [-0.4, -0.2) is 5.78 Å². The van der Waals surface area contributed by atoms with E-state index in [4.69, 9.17) is 0 Å². The third-order valence-electron chi connectivity index (χ3n) is 3.90. The second kappa shape index (κ2) is 5.64. The maximum atomic E-state index is 13.1. The quantitative estimate of drug-likeness (QED) is 0.790. The molecule has 0 bridgehead atoms. The summed E-state index contributed by atoms with van der Waals surface area (Å²) >= 11 is 0. The van der Waals surface area contributed by atoms with Crippen LogP contribution >= 0.6 is 0 Å². The fraction of sp³-hybridized carbons (Fsp3) is 0.562. The van der Waals surface area contributed by atoms with Crippen LogP contribution in [0.2, 0.25) is 0 Å². The molecule has 98 valence electrons. The maximum absolute atomic E-state index is 13.1. The van der Waals surface area contributed by atoms with Crippen molar-refractivity contribution in [3.8, 4) is 0 Å². The molecular formula is C16H21FO. The predicted molar refractivity (Wildman–Crippen MR) is 70.8 cm³/mol. The Bertz CT molecular complexity index is 417. The van der Waals surface area contributed by atoms with Gasteiger partial charge in [-0.1, -0.05) is 26.0 Å². The Kier molecular flexibility index (Phi) is 4.15. The number of carbonyl (C=O) groups is 1. The van der Waals surface area contributed by atoms with Gasteiger partial charge in [0.2, 0.25) is 0 Å². The van der Waals surface area contributed by atoms with Gasteiger partial charge in [0.15, 0.2) is 0 Å². The second-order valence-electron chi connectivity index (χ2n) is 5.89. The predicted octanol–water partition coefficient (Wildman–Crippen LogP) is 4.01. The van der Waals surface area contributed by atoms with Crippen LogP contribution < -0.4 is 0 Å². The minimum absolute atomic E-state index is 0.173. The normalized spacial score (nSPS) is 28.1. The van der Waals surface area contributed by atoms with Crippen LogP contribution in [-0.2, 0) is 11.2 Å². The van der Waals surface area contributed by atoms with Gasteiger partial charge in [-0.3, -0.25) is 4.79 Å². The Hall–Kier alpha value is -1.18. The lowest BCUT2D eigenvalue weighted by Gasteiger charge is -2.30. The molecule has 18 heavy (non-hydrogen) atoms. The molecule has 1 aliphatic rings. The summed E-state index contributed by atoms with van der Waals surface area (Å²) in [5, 5.41) is 0. The third kappa shape index (κ3) is 3.41. The van der Waals surface area contributed by atoms with Gasteiger partial charge in [-0.15, -0.1) is 0 Å². The first-order valence-electron chi connectivity index (χ1n) is 6.81. The van der Waals surface area contributed by atoms with E-state index < -0.39 is 0 Å². The number of hydrogen-bond acceptors (Lipinski definition) is 1. The van der Waals surface area contributed by atoms with Gasteiger partial charge >= 0.3 is 0 Å². The van der Waals surface area contributed by atoms with E-state index in [1.807, 2.05) is 6.07 Å². The van der Waals surface area contributed by atoms with Gasteiger partial charge in [0.25, 0.3) is 0 Å². The lowest BCUT2D eigenvalue weighted by Crippen LogP contribution is -2.27. The summed E-state index contributed by atoms with van der Waals surface area (Å²) < 4.78 is 13.1. The summed E-state index contributed by atoms with van der Waals surface area (Å²) in [6, 6.07) is 6.38. The molecule has 2 rings (SSSR count). The molecule has 1 aliphatic carbocycles. The Labute approximate surface area is 108 Å². The minimum Gasteiger partial charge on any atom is -0.299 e. The van der Waals surface area contributed by atoms with E-state index in [0.717, 1.165) is 18.4 Å². The van der Waals surface area contributed by atoms with Crippen LogP contribution in [0.5, 0.6) is 0 Å². The topological polar surface area (TPSA) is 17.1 Å². The first kappa shape index (κ1) is 13.3. The average Bonchev–Trinajstić information content (AvgIpc) is 2.27. The van der Waals surface area contributed by atoms with E-state index in [-0.39, 0.29) is 17.5 Å². The monoisotopic (exact) mass is 248 g/mol. The first-order chi connectivity index (χ1) is 8.54. The van der Waals surface area contributed by atoms with Crippen LogP contribution in [0.1, 0.15) is 38.7 Å². The van der Waals surface area contributed by atoms with E-state index >= 15 is 0 Å². The van der Waals surface area contributed by atoms with E-state index in [0.29, 0.717) is 18.3 Å². The molecule has 0 saturated heterocycles. The van der Waals surface area contributed by atoms with Crippen molar-refractivity contribution in [3.05, 3.63) is 35.6 Å². The van der Waals surface area contributed by atoms with Crippen molar-refractivity contribution in [2.45, 2.75) is 39.5 Å². The number of halogens is 1. The smallest absolute Gasteiger partial charge is 0.140 e. The molecule has 1 nitrogen and oxygen atoms in total. The molecule has 0 N–H and O–H groups in total. The highest BCUT2D eigenvalue weighted by Crippen LogP contribution is 2.33.